The molecule has 114 valence electrons. The highest BCUT2D eigenvalue weighted by Gasteiger charge is 2.37. The van der Waals surface area contributed by atoms with Gasteiger partial charge in [-0.25, -0.2) is 0 Å². The van der Waals surface area contributed by atoms with Crippen LogP contribution in [0.1, 0.15) is 45.6 Å². The van der Waals surface area contributed by atoms with Crippen LogP contribution in [0.3, 0.4) is 0 Å². The molecule has 2 rings (SSSR count). The van der Waals surface area contributed by atoms with Crippen LogP contribution in [0.2, 0.25) is 0 Å². The van der Waals surface area contributed by atoms with Crippen LogP contribution < -0.4 is 15.6 Å². The highest BCUT2D eigenvalue weighted by atomic mass is 16.5. The summed E-state index contributed by atoms with van der Waals surface area (Å²) < 4.78 is 5.69. The number of hydrogen-bond acceptors (Lipinski definition) is 3. The number of nitrogens with one attached hydrogen (secondary N) is 2. The fourth-order valence-electron chi connectivity index (χ4n) is 2.14. The molecule has 0 aliphatic carbocycles. The van der Waals surface area contributed by atoms with E-state index in [1.807, 2.05) is 44.2 Å². The third kappa shape index (κ3) is 3.78. The van der Waals surface area contributed by atoms with Crippen LogP contribution in [0.4, 0.5) is 0 Å². The maximum absolute atomic E-state index is 11.7. The molecule has 2 N–H and O–H groups in total. The van der Waals surface area contributed by atoms with Crippen molar-refractivity contribution in [2.24, 2.45) is 5.41 Å². The third-order valence-corrected chi connectivity index (χ3v) is 3.76. The topological polar surface area (TPSA) is 50.4 Å². The lowest BCUT2D eigenvalue weighted by Gasteiger charge is -2.14. The maximum atomic E-state index is 11.7. The Morgan fingerprint density at radius 3 is 2.43 bits per heavy atom. The highest BCUT2D eigenvalue weighted by Crippen LogP contribution is 2.29. The van der Waals surface area contributed by atoms with Gasteiger partial charge in [-0.15, -0.1) is 0 Å². The molecule has 0 aromatic heterocycles. The molecule has 21 heavy (non-hydrogen) atoms. The van der Waals surface area contributed by atoms with E-state index in [4.69, 9.17) is 4.74 Å². The van der Waals surface area contributed by atoms with Crippen molar-refractivity contribution < 1.29 is 9.53 Å². The second-order valence-electron chi connectivity index (χ2n) is 5.89. The van der Waals surface area contributed by atoms with Crippen molar-refractivity contribution >= 4 is 12.0 Å². The van der Waals surface area contributed by atoms with Crippen LogP contribution in [0.5, 0.6) is 5.75 Å². The van der Waals surface area contributed by atoms with Gasteiger partial charge in [0.1, 0.15) is 5.75 Å². The number of hydrogen-bond donors (Lipinski definition) is 2. The van der Waals surface area contributed by atoms with E-state index in [-0.39, 0.29) is 5.91 Å². The van der Waals surface area contributed by atoms with Gasteiger partial charge in [0, 0.05) is 5.70 Å². The normalized spacial score (nSPS) is 18.4. The molecule has 4 heteroatoms. The van der Waals surface area contributed by atoms with E-state index in [1.165, 1.54) is 12.8 Å². The third-order valence-electron chi connectivity index (χ3n) is 3.76. The molecule has 1 aromatic rings. The van der Waals surface area contributed by atoms with E-state index in [0.717, 1.165) is 30.0 Å². The molecule has 0 bridgehead atoms. The minimum atomic E-state index is -0.519. The molecule has 1 aromatic carbocycles. The fraction of sp³-hybridized carbons (Fsp3) is 0.471. The Bertz CT molecular complexity index is 518. The average molecular weight is 288 g/mol. The van der Waals surface area contributed by atoms with Gasteiger partial charge in [0.2, 0.25) is 5.91 Å². The van der Waals surface area contributed by atoms with Gasteiger partial charge in [-0.05, 0) is 44.0 Å². The molecule has 4 nitrogen and oxygen atoms in total. The van der Waals surface area contributed by atoms with E-state index < -0.39 is 5.41 Å². The quantitative estimate of drug-likeness (QED) is 0.790. The minimum absolute atomic E-state index is 0.00960. The number of rotatable bonds is 6. The Morgan fingerprint density at radius 2 is 1.86 bits per heavy atom. The van der Waals surface area contributed by atoms with E-state index in [1.54, 1.807) is 0 Å². The lowest BCUT2D eigenvalue weighted by atomic mass is 9.89. The number of amides is 1. The Balaban J connectivity index is 1.98. The summed E-state index contributed by atoms with van der Waals surface area (Å²) in [4.78, 5) is 11.7. The van der Waals surface area contributed by atoms with Crippen LogP contribution in [-0.2, 0) is 4.79 Å². The summed E-state index contributed by atoms with van der Waals surface area (Å²) in [5.41, 5.74) is 6.99. The van der Waals surface area contributed by atoms with Crippen LogP contribution in [-0.4, -0.2) is 12.5 Å². The van der Waals surface area contributed by atoms with Crippen LogP contribution in [0.25, 0.3) is 6.08 Å². The predicted molar refractivity (Wildman–Crippen MR) is 84.5 cm³/mol. The fourth-order valence-corrected chi connectivity index (χ4v) is 2.14. The van der Waals surface area contributed by atoms with Gasteiger partial charge in [-0.1, -0.05) is 31.9 Å². The van der Waals surface area contributed by atoms with E-state index in [0.29, 0.717) is 0 Å². The summed E-state index contributed by atoms with van der Waals surface area (Å²) in [6.45, 7) is 6.75. The van der Waals surface area contributed by atoms with Crippen molar-refractivity contribution in [3.05, 3.63) is 35.5 Å². The number of ether oxygens (including phenoxy) is 1. The Kier molecular flexibility index (Phi) is 4.89. The van der Waals surface area contributed by atoms with Gasteiger partial charge in [-0.3, -0.25) is 10.2 Å². The van der Waals surface area contributed by atoms with Crippen molar-refractivity contribution in [3.8, 4) is 5.75 Å². The largest absolute Gasteiger partial charge is 0.494 e. The summed E-state index contributed by atoms with van der Waals surface area (Å²) in [6, 6.07) is 7.94. The number of unbranched alkanes of at least 4 members (excludes halogenated alkanes) is 2. The Morgan fingerprint density at radius 1 is 1.14 bits per heavy atom. The molecular formula is C17H24N2O2. The molecule has 1 aliphatic heterocycles. The summed E-state index contributed by atoms with van der Waals surface area (Å²) in [6.07, 6.45) is 5.48. The van der Waals surface area contributed by atoms with Gasteiger partial charge >= 0.3 is 0 Å². The Hall–Kier alpha value is -1.97. The molecule has 0 saturated carbocycles. The summed E-state index contributed by atoms with van der Waals surface area (Å²) in [5.74, 6) is 0.880. The smallest absolute Gasteiger partial charge is 0.249 e. The van der Waals surface area contributed by atoms with Gasteiger partial charge < -0.3 is 10.2 Å². The zero-order valence-corrected chi connectivity index (χ0v) is 13.0. The highest BCUT2D eigenvalue weighted by molar-refractivity contribution is 5.89. The minimum Gasteiger partial charge on any atom is -0.494 e. The number of carbonyl (C=O) groups excluding carboxylic acids is 1. The molecule has 0 radical (unpaired) electrons. The molecule has 1 saturated heterocycles. The molecule has 0 atom stereocenters. The number of carbonyl (C=O) groups is 1. The molecular weight excluding hydrogens is 264 g/mol. The van der Waals surface area contributed by atoms with E-state index in [2.05, 4.69) is 17.8 Å². The van der Waals surface area contributed by atoms with Crippen LogP contribution in [0.15, 0.2) is 30.0 Å². The zero-order valence-electron chi connectivity index (χ0n) is 13.0. The average Bonchev–Trinajstić information content (AvgIpc) is 2.72. The standard InChI is InChI=1S/C17H24N2O2/c1-4-5-6-11-21-14-9-7-13(8-10-14)12-15-17(2,3)16(20)19-18-15/h7-10,12,18H,4-6,11H2,1-3H3,(H,19,20)/b15-12-. The van der Waals surface area contributed by atoms with Crippen molar-refractivity contribution in [3.63, 3.8) is 0 Å². The SMILES string of the molecule is CCCCCOc1ccc(/C=C2\NNC(=O)C2(C)C)cc1. The summed E-state index contributed by atoms with van der Waals surface area (Å²) in [5, 5.41) is 0. The van der Waals surface area contributed by atoms with Gasteiger partial charge in [0.15, 0.2) is 0 Å². The molecule has 0 unspecified atom stereocenters. The first-order chi connectivity index (χ1) is 10.0. The molecule has 1 aliphatic rings. The molecule has 1 amide bonds. The Labute approximate surface area is 126 Å². The van der Waals surface area contributed by atoms with Gasteiger partial charge in [0.25, 0.3) is 0 Å². The van der Waals surface area contributed by atoms with Gasteiger partial charge in [0.05, 0.1) is 12.0 Å². The van der Waals surface area contributed by atoms with Crippen molar-refractivity contribution in [1.82, 2.24) is 10.9 Å². The van der Waals surface area contributed by atoms with Crippen LogP contribution >= 0.6 is 0 Å². The molecule has 1 heterocycles. The van der Waals surface area contributed by atoms with Crippen molar-refractivity contribution in [2.75, 3.05) is 6.61 Å². The lowest BCUT2D eigenvalue weighted by molar-refractivity contribution is -0.125. The zero-order chi connectivity index (χ0) is 15.3. The van der Waals surface area contributed by atoms with Gasteiger partial charge in [-0.2, -0.15) is 0 Å². The second kappa shape index (κ2) is 6.66. The predicted octanol–water partition coefficient (Wildman–Crippen LogP) is 3.26. The van der Waals surface area contributed by atoms with Crippen molar-refractivity contribution in [1.29, 1.82) is 0 Å². The summed E-state index contributed by atoms with van der Waals surface area (Å²) >= 11 is 0. The number of benzene rings is 1. The first kappa shape index (κ1) is 15.4. The maximum Gasteiger partial charge on any atom is 0.249 e. The molecule has 0 spiro atoms. The van der Waals surface area contributed by atoms with Crippen molar-refractivity contribution in [2.45, 2.75) is 40.0 Å². The van der Waals surface area contributed by atoms with E-state index in [9.17, 15) is 4.79 Å². The number of hydrazine groups is 1. The monoisotopic (exact) mass is 288 g/mol. The molecule has 1 fully saturated rings. The summed E-state index contributed by atoms with van der Waals surface area (Å²) in [7, 11) is 0. The second-order valence-corrected chi connectivity index (χ2v) is 5.89. The van der Waals surface area contributed by atoms with Crippen LogP contribution in [0, 0.1) is 5.41 Å². The van der Waals surface area contributed by atoms with E-state index >= 15 is 0 Å². The lowest BCUT2D eigenvalue weighted by Crippen LogP contribution is -2.28. The first-order valence-electron chi connectivity index (χ1n) is 7.55. The first-order valence-corrected chi connectivity index (χ1v) is 7.55.